The van der Waals surface area contributed by atoms with Crippen LogP contribution in [-0.2, 0) is 18.2 Å². The van der Waals surface area contributed by atoms with Crippen LogP contribution < -0.4 is 11.3 Å². The molecular formula is C12H22N4O. The molecule has 2 rings (SSSR count). The third-order valence-corrected chi connectivity index (χ3v) is 4.05. The molecule has 0 radical (unpaired) electrons. The number of methoxy groups -OCH3 is 1. The summed E-state index contributed by atoms with van der Waals surface area (Å²) in [6, 6.07) is 2.27. The summed E-state index contributed by atoms with van der Waals surface area (Å²) in [4.78, 5) is 0. The average Bonchev–Trinajstić information content (AvgIpc) is 2.68. The summed E-state index contributed by atoms with van der Waals surface area (Å²) >= 11 is 0. The van der Waals surface area contributed by atoms with Crippen LogP contribution in [0, 0.1) is 0 Å². The first kappa shape index (κ1) is 12.5. The number of rotatable bonds is 6. The summed E-state index contributed by atoms with van der Waals surface area (Å²) in [6.45, 7) is 0. The molecule has 3 N–H and O–H groups in total. The smallest absolute Gasteiger partial charge is 0.0844 e. The van der Waals surface area contributed by atoms with Gasteiger partial charge < -0.3 is 4.74 Å². The predicted octanol–water partition coefficient (Wildman–Crippen LogP) is 0.754. The first-order chi connectivity index (χ1) is 8.22. The van der Waals surface area contributed by atoms with Crippen molar-refractivity contribution in [2.45, 2.75) is 43.7 Å². The molecule has 1 aliphatic rings. The van der Waals surface area contributed by atoms with E-state index < -0.39 is 0 Å². The van der Waals surface area contributed by atoms with Gasteiger partial charge in [0.15, 0.2) is 0 Å². The number of aryl methyl sites for hydroxylation is 2. The Hall–Kier alpha value is -0.910. The van der Waals surface area contributed by atoms with Crippen molar-refractivity contribution in [2.24, 2.45) is 12.9 Å². The predicted molar refractivity (Wildman–Crippen MR) is 66.2 cm³/mol. The zero-order valence-electron chi connectivity index (χ0n) is 10.6. The molecule has 1 fully saturated rings. The lowest BCUT2D eigenvalue weighted by atomic mass is 9.73. The molecule has 1 heterocycles. The Bertz CT molecular complexity index is 354. The minimum atomic E-state index is -0.0483. The van der Waals surface area contributed by atoms with Gasteiger partial charge in [-0.1, -0.05) is 0 Å². The number of aromatic nitrogens is 2. The molecule has 96 valence electrons. The monoisotopic (exact) mass is 238 g/mol. The van der Waals surface area contributed by atoms with Gasteiger partial charge in [0.25, 0.3) is 0 Å². The van der Waals surface area contributed by atoms with Crippen LogP contribution in [0.15, 0.2) is 12.3 Å². The number of nitrogens with zero attached hydrogens (tertiary/aromatic N) is 2. The number of nitrogens with two attached hydrogens (primary N) is 1. The zero-order valence-corrected chi connectivity index (χ0v) is 10.6. The summed E-state index contributed by atoms with van der Waals surface area (Å²) in [5.74, 6) is 5.67. The lowest BCUT2D eigenvalue weighted by Gasteiger charge is -2.46. The van der Waals surface area contributed by atoms with E-state index in [1.807, 2.05) is 24.0 Å². The van der Waals surface area contributed by atoms with Gasteiger partial charge >= 0.3 is 0 Å². The Morgan fingerprint density at radius 2 is 2.41 bits per heavy atom. The second kappa shape index (κ2) is 5.16. The van der Waals surface area contributed by atoms with Gasteiger partial charge in [-0.15, -0.1) is 0 Å². The van der Waals surface area contributed by atoms with E-state index in [9.17, 15) is 0 Å². The Morgan fingerprint density at radius 1 is 1.65 bits per heavy atom. The lowest BCUT2D eigenvalue weighted by molar-refractivity contribution is -0.1000. The van der Waals surface area contributed by atoms with E-state index in [0.29, 0.717) is 0 Å². The van der Waals surface area contributed by atoms with E-state index in [2.05, 4.69) is 10.5 Å². The molecule has 1 unspecified atom stereocenters. The van der Waals surface area contributed by atoms with Gasteiger partial charge in [0.2, 0.25) is 0 Å². The lowest BCUT2D eigenvalue weighted by Crippen LogP contribution is -2.58. The van der Waals surface area contributed by atoms with Crippen molar-refractivity contribution in [2.75, 3.05) is 7.11 Å². The molecular weight excluding hydrogens is 216 g/mol. The Morgan fingerprint density at radius 3 is 2.82 bits per heavy atom. The fourth-order valence-electron chi connectivity index (χ4n) is 2.66. The molecule has 0 amide bonds. The third kappa shape index (κ3) is 2.36. The van der Waals surface area contributed by atoms with Crippen LogP contribution in [0.4, 0.5) is 0 Å². The van der Waals surface area contributed by atoms with E-state index in [1.165, 1.54) is 12.1 Å². The standard InChI is InChI=1S/C12H22N4O/c1-16-10(6-9-14-16)4-5-11(15-13)12(17-2)7-3-8-12/h6,9,11,15H,3-5,7-8,13H2,1-2H3. The summed E-state index contributed by atoms with van der Waals surface area (Å²) in [5.41, 5.74) is 4.11. The minimum Gasteiger partial charge on any atom is -0.377 e. The molecule has 1 saturated carbocycles. The zero-order chi connectivity index (χ0) is 12.3. The van der Waals surface area contributed by atoms with Crippen LogP contribution in [0.3, 0.4) is 0 Å². The van der Waals surface area contributed by atoms with Gasteiger partial charge in [-0.2, -0.15) is 5.10 Å². The molecule has 1 atom stereocenters. The van der Waals surface area contributed by atoms with Gasteiger partial charge in [0.05, 0.1) is 11.6 Å². The van der Waals surface area contributed by atoms with Crippen LogP contribution in [0.2, 0.25) is 0 Å². The summed E-state index contributed by atoms with van der Waals surface area (Å²) in [6.07, 6.45) is 7.21. The topological polar surface area (TPSA) is 65.1 Å². The van der Waals surface area contributed by atoms with Gasteiger partial charge in [-0.05, 0) is 38.2 Å². The first-order valence-corrected chi connectivity index (χ1v) is 6.20. The molecule has 1 aromatic rings. The molecule has 5 nitrogen and oxygen atoms in total. The highest BCUT2D eigenvalue weighted by molar-refractivity contribution is 5.04. The van der Waals surface area contributed by atoms with E-state index in [4.69, 9.17) is 10.6 Å². The number of nitrogens with one attached hydrogen (secondary N) is 1. The average molecular weight is 238 g/mol. The summed E-state index contributed by atoms with van der Waals surface area (Å²) in [5, 5.41) is 4.17. The van der Waals surface area contributed by atoms with Crippen molar-refractivity contribution < 1.29 is 4.74 Å². The van der Waals surface area contributed by atoms with Crippen molar-refractivity contribution in [3.63, 3.8) is 0 Å². The van der Waals surface area contributed by atoms with Crippen molar-refractivity contribution >= 4 is 0 Å². The van der Waals surface area contributed by atoms with Gasteiger partial charge in [0.1, 0.15) is 0 Å². The van der Waals surface area contributed by atoms with Crippen molar-refractivity contribution in [1.82, 2.24) is 15.2 Å². The molecule has 1 aromatic heterocycles. The maximum atomic E-state index is 5.67. The van der Waals surface area contributed by atoms with Crippen LogP contribution in [-0.4, -0.2) is 28.5 Å². The molecule has 5 heteroatoms. The first-order valence-electron chi connectivity index (χ1n) is 6.20. The minimum absolute atomic E-state index is 0.0483. The van der Waals surface area contributed by atoms with Crippen LogP contribution in [0.5, 0.6) is 0 Å². The van der Waals surface area contributed by atoms with Crippen LogP contribution in [0.1, 0.15) is 31.4 Å². The van der Waals surface area contributed by atoms with Crippen LogP contribution >= 0.6 is 0 Å². The fourth-order valence-corrected chi connectivity index (χ4v) is 2.66. The van der Waals surface area contributed by atoms with Crippen molar-refractivity contribution in [3.05, 3.63) is 18.0 Å². The number of hydrogen-bond acceptors (Lipinski definition) is 4. The fraction of sp³-hybridized carbons (Fsp3) is 0.750. The largest absolute Gasteiger partial charge is 0.377 e. The normalized spacial score (nSPS) is 19.9. The quantitative estimate of drug-likeness (QED) is 0.567. The summed E-state index contributed by atoms with van der Waals surface area (Å²) in [7, 11) is 3.75. The Kier molecular flexibility index (Phi) is 3.81. The maximum Gasteiger partial charge on any atom is 0.0844 e. The highest BCUT2D eigenvalue weighted by Gasteiger charge is 2.43. The highest BCUT2D eigenvalue weighted by atomic mass is 16.5. The molecule has 1 aliphatic carbocycles. The van der Waals surface area contributed by atoms with Gasteiger partial charge in [-0.3, -0.25) is 16.0 Å². The maximum absolute atomic E-state index is 5.67. The Labute approximate surface area is 102 Å². The second-order valence-electron chi connectivity index (χ2n) is 4.83. The summed E-state index contributed by atoms with van der Waals surface area (Å²) < 4.78 is 7.57. The van der Waals surface area contributed by atoms with Gasteiger partial charge in [0, 0.05) is 26.0 Å². The number of hydrogen-bond donors (Lipinski definition) is 2. The number of hydrazine groups is 1. The molecule has 17 heavy (non-hydrogen) atoms. The Balaban J connectivity index is 1.94. The highest BCUT2D eigenvalue weighted by Crippen LogP contribution is 2.39. The molecule has 0 aliphatic heterocycles. The van der Waals surface area contributed by atoms with E-state index >= 15 is 0 Å². The second-order valence-corrected chi connectivity index (χ2v) is 4.83. The number of ether oxygens (including phenoxy) is 1. The van der Waals surface area contributed by atoms with E-state index in [1.54, 1.807) is 7.11 Å². The van der Waals surface area contributed by atoms with Gasteiger partial charge in [-0.25, -0.2) is 0 Å². The van der Waals surface area contributed by atoms with Crippen molar-refractivity contribution in [3.8, 4) is 0 Å². The molecule has 0 bridgehead atoms. The van der Waals surface area contributed by atoms with Crippen LogP contribution in [0.25, 0.3) is 0 Å². The van der Waals surface area contributed by atoms with E-state index in [0.717, 1.165) is 25.7 Å². The third-order valence-electron chi connectivity index (χ3n) is 4.05. The SMILES string of the molecule is COC1(C(CCc2ccnn2C)NN)CCC1. The van der Waals surface area contributed by atoms with Crippen molar-refractivity contribution in [1.29, 1.82) is 0 Å². The molecule has 0 spiro atoms. The molecule has 0 aromatic carbocycles. The van der Waals surface area contributed by atoms with E-state index in [-0.39, 0.29) is 11.6 Å². The molecule has 0 saturated heterocycles.